The number of hydrogen-bond acceptors (Lipinski definition) is 2. The van der Waals surface area contributed by atoms with Gasteiger partial charge in [-0.1, -0.05) is 18.2 Å². The summed E-state index contributed by atoms with van der Waals surface area (Å²) in [5, 5.41) is 5.75. The van der Waals surface area contributed by atoms with E-state index in [1.807, 2.05) is 25.1 Å². The van der Waals surface area contributed by atoms with Crippen molar-refractivity contribution in [2.24, 2.45) is 0 Å². The molecule has 0 spiro atoms. The highest BCUT2D eigenvalue weighted by molar-refractivity contribution is 5.74. The Kier molecular flexibility index (Phi) is 3.85. The van der Waals surface area contributed by atoms with E-state index in [0.717, 1.165) is 19.5 Å². The maximum Gasteiger partial charge on any atom is 0.315 e. The Morgan fingerprint density at radius 3 is 2.88 bits per heavy atom. The van der Waals surface area contributed by atoms with Crippen LogP contribution in [0, 0.1) is 0 Å². The van der Waals surface area contributed by atoms with Gasteiger partial charge in [-0.3, -0.25) is 0 Å². The molecule has 1 saturated heterocycles. The largest absolute Gasteiger partial charge is 0.369 e. The van der Waals surface area contributed by atoms with Crippen molar-refractivity contribution in [3.8, 4) is 0 Å². The molecule has 0 radical (unpaired) electrons. The lowest BCUT2D eigenvalue weighted by Gasteiger charge is -2.18. The monoisotopic (exact) mass is 233 g/mol. The molecule has 2 N–H and O–H groups in total. The first kappa shape index (κ1) is 11.8. The zero-order valence-corrected chi connectivity index (χ0v) is 10.1. The quantitative estimate of drug-likeness (QED) is 0.832. The summed E-state index contributed by atoms with van der Waals surface area (Å²) in [4.78, 5) is 13.7. The van der Waals surface area contributed by atoms with Gasteiger partial charge in [-0.15, -0.1) is 0 Å². The van der Waals surface area contributed by atoms with Crippen molar-refractivity contribution in [3.63, 3.8) is 0 Å². The number of anilines is 1. The van der Waals surface area contributed by atoms with E-state index in [-0.39, 0.29) is 12.1 Å². The highest BCUT2D eigenvalue weighted by Gasteiger charge is 2.23. The molecule has 4 heteroatoms. The van der Waals surface area contributed by atoms with E-state index in [2.05, 4.69) is 27.7 Å². The van der Waals surface area contributed by atoms with E-state index in [0.29, 0.717) is 6.54 Å². The van der Waals surface area contributed by atoms with Crippen LogP contribution in [0.4, 0.5) is 10.5 Å². The molecule has 1 aliphatic heterocycles. The summed E-state index contributed by atoms with van der Waals surface area (Å²) in [5.74, 6) is 0. The van der Waals surface area contributed by atoms with Gasteiger partial charge in [0.1, 0.15) is 0 Å². The first-order valence-electron chi connectivity index (χ1n) is 6.14. The topological polar surface area (TPSA) is 44.4 Å². The molecule has 1 unspecified atom stereocenters. The summed E-state index contributed by atoms with van der Waals surface area (Å²) < 4.78 is 0. The number of amides is 2. The number of para-hydroxylation sites is 1. The van der Waals surface area contributed by atoms with E-state index in [9.17, 15) is 4.79 Å². The third kappa shape index (κ3) is 3.12. The van der Waals surface area contributed by atoms with Crippen LogP contribution in [0.25, 0.3) is 0 Å². The third-order valence-electron chi connectivity index (χ3n) is 2.98. The standard InChI is InChI=1S/C13H19N3O/c1-2-14-13(17)15-11-8-9-16(10-11)12-6-4-3-5-7-12/h3-7,11H,2,8-10H2,1H3,(H2,14,15,17). The van der Waals surface area contributed by atoms with Gasteiger partial charge in [-0.05, 0) is 25.5 Å². The second-order valence-corrected chi connectivity index (χ2v) is 4.27. The van der Waals surface area contributed by atoms with Gasteiger partial charge in [-0.25, -0.2) is 4.79 Å². The molecule has 1 aromatic carbocycles. The van der Waals surface area contributed by atoms with Gasteiger partial charge in [-0.2, -0.15) is 0 Å². The molecule has 1 fully saturated rings. The fraction of sp³-hybridized carbons (Fsp3) is 0.462. The molecule has 1 heterocycles. The van der Waals surface area contributed by atoms with Crippen molar-refractivity contribution < 1.29 is 4.79 Å². The van der Waals surface area contributed by atoms with Crippen molar-refractivity contribution in [2.75, 3.05) is 24.5 Å². The molecule has 0 aliphatic carbocycles. The van der Waals surface area contributed by atoms with Crippen molar-refractivity contribution in [1.29, 1.82) is 0 Å². The van der Waals surface area contributed by atoms with Crippen LogP contribution in [0.1, 0.15) is 13.3 Å². The highest BCUT2D eigenvalue weighted by Crippen LogP contribution is 2.19. The Bertz CT molecular complexity index is 366. The maximum atomic E-state index is 11.4. The lowest BCUT2D eigenvalue weighted by atomic mass is 10.3. The fourth-order valence-corrected chi connectivity index (χ4v) is 2.15. The first-order valence-corrected chi connectivity index (χ1v) is 6.14. The highest BCUT2D eigenvalue weighted by atomic mass is 16.2. The van der Waals surface area contributed by atoms with Gasteiger partial charge in [0.15, 0.2) is 0 Å². The van der Waals surface area contributed by atoms with Crippen LogP contribution in [-0.2, 0) is 0 Å². The molecule has 4 nitrogen and oxygen atoms in total. The average Bonchev–Trinajstić information content (AvgIpc) is 2.79. The molecule has 0 aromatic heterocycles. The van der Waals surface area contributed by atoms with Crippen LogP contribution in [0.5, 0.6) is 0 Å². The van der Waals surface area contributed by atoms with E-state index in [1.165, 1.54) is 5.69 Å². The number of carbonyl (C=O) groups excluding carboxylic acids is 1. The number of hydrogen-bond donors (Lipinski definition) is 2. The van der Waals surface area contributed by atoms with E-state index in [4.69, 9.17) is 0 Å². The Balaban J connectivity index is 1.86. The molecule has 17 heavy (non-hydrogen) atoms. The zero-order valence-electron chi connectivity index (χ0n) is 10.1. The zero-order chi connectivity index (χ0) is 12.1. The molecule has 0 saturated carbocycles. The molecule has 1 aromatic rings. The average molecular weight is 233 g/mol. The minimum atomic E-state index is -0.0626. The van der Waals surface area contributed by atoms with Gasteiger partial charge in [0.05, 0.1) is 0 Å². The van der Waals surface area contributed by atoms with Crippen LogP contribution in [0.3, 0.4) is 0 Å². The number of urea groups is 1. The fourth-order valence-electron chi connectivity index (χ4n) is 2.15. The van der Waals surface area contributed by atoms with Gasteiger partial charge in [0, 0.05) is 31.4 Å². The van der Waals surface area contributed by atoms with Gasteiger partial charge < -0.3 is 15.5 Å². The lowest BCUT2D eigenvalue weighted by Crippen LogP contribution is -2.43. The molecule has 2 amide bonds. The number of rotatable bonds is 3. The summed E-state index contributed by atoms with van der Waals surface area (Å²) in [6, 6.07) is 10.5. The normalized spacial score (nSPS) is 19.1. The summed E-state index contributed by atoms with van der Waals surface area (Å²) >= 11 is 0. The predicted molar refractivity (Wildman–Crippen MR) is 69.3 cm³/mol. The van der Waals surface area contributed by atoms with Crippen molar-refractivity contribution >= 4 is 11.7 Å². The summed E-state index contributed by atoms with van der Waals surface area (Å²) in [6.45, 7) is 4.48. The number of carbonyl (C=O) groups is 1. The number of nitrogens with one attached hydrogen (secondary N) is 2. The predicted octanol–water partition coefficient (Wildman–Crippen LogP) is 1.58. The first-order chi connectivity index (χ1) is 8.29. The van der Waals surface area contributed by atoms with Crippen molar-refractivity contribution in [3.05, 3.63) is 30.3 Å². The molecular formula is C13H19N3O. The maximum absolute atomic E-state index is 11.4. The SMILES string of the molecule is CCNC(=O)NC1CCN(c2ccccc2)C1. The molecule has 0 bridgehead atoms. The van der Waals surface area contributed by atoms with E-state index in [1.54, 1.807) is 0 Å². The van der Waals surface area contributed by atoms with E-state index < -0.39 is 0 Å². The third-order valence-corrected chi connectivity index (χ3v) is 2.98. The second-order valence-electron chi connectivity index (χ2n) is 4.27. The van der Waals surface area contributed by atoms with Gasteiger partial charge >= 0.3 is 6.03 Å². The van der Waals surface area contributed by atoms with Gasteiger partial charge in [0.2, 0.25) is 0 Å². The van der Waals surface area contributed by atoms with Crippen LogP contribution in [0.15, 0.2) is 30.3 Å². The molecule has 1 atom stereocenters. The molecular weight excluding hydrogens is 214 g/mol. The van der Waals surface area contributed by atoms with Crippen molar-refractivity contribution in [2.45, 2.75) is 19.4 Å². The smallest absolute Gasteiger partial charge is 0.315 e. The minimum absolute atomic E-state index is 0.0626. The molecule has 92 valence electrons. The Morgan fingerprint density at radius 2 is 2.18 bits per heavy atom. The second kappa shape index (κ2) is 5.57. The van der Waals surface area contributed by atoms with Crippen LogP contribution < -0.4 is 15.5 Å². The summed E-state index contributed by atoms with van der Waals surface area (Å²) in [7, 11) is 0. The minimum Gasteiger partial charge on any atom is -0.369 e. The Hall–Kier alpha value is -1.71. The Labute approximate surface area is 102 Å². The number of nitrogens with zero attached hydrogens (tertiary/aromatic N) is 1. The van der Waals surface area contributed by atoms with Crippen LogP contribution in [0.2, 0.25) is 0 Å². The summed E-state index contributed by atoms with van der Waals surface area (Å²) in [6.07, 6.45) is 1.01. The van der Waals surface area contributed by atoms with Crippen LogP contribution >= 0.6 is 0 Å². The number of benzene rings is 1. The Morgan fingerprint density at radius 1 is 1.41 bits per heavy atom. The summed E-state index contributed by atoms with van der Waals surface area (Å²) in [5.41, 5.74) is 1.23. The lowest BCUT2D eigenvalue weighted by molar-refractivity contribution is 0.238. The molecule has 1 aliphatic rings. The molecule has 2 rings (SSSR count). The van der Waals surface area contributed by atoms with Crippen LogP contribution in [-0.4, -0.2) is 31.7 Å². The van der Waals surface area contributed by atoms with Crippen molar-refractivity contribution in [1.82, 2.24) is 10.6 Å². The van der Waals surface area contributed by atoms with Gasteiger partial charge in [0.25, 0.3) is 0 Å². The van der Waals surface area contributed by atoms with E-state index >= 15 is 0 Å².